The number of hydrogen-bond donors (Lipinski definition) is 2. The van der Waals surface area contributed by atoms with Crippen LogP contribution in [-0.4, -0.2) is 25.5 Å². The zero-order valence-electron chi connectivity index (χ0n) is 11.1. The monoisotopic (exact) mass is 247 g/mol. The number of nitrogens with one attached hydrogen (secondary N) is 1. The SMILES string of the molecule is CC(N)CCN(C)c1ccc2c(c1)CCC(=O)N2. The molecule has 1 heterocycles. The lowest BCUT2D eigenvalue weighted by molar-refractivity contribution is -0.116. The van der Waals surface area contributed by atoms with Gasteiger partial charge in [-0.05, 0) is 43.5 Å². The summed E-state index contributed by atoms with van der Waals surface area (Å²) >= 11 is 0. The predicted molar refractivity (Wildman–Crippen MR) is 74.9 cm³/mol. The van der Waals surface area contributed by atoms with Gasteiger partial charge < -0.3 is 16.0 Å². The second-order valence-corrected chi connectivity index (χ2v) is 5.08. The molecule has 0 aromatic heterocycles. The quantitative estimate of drug-likeness (QED) is 0.852. The number of nitrogens with two attached hydrogens (primary N) is 1. The van der Waals surface area contributed by atoms with Crippen LogP contribution in [0.1, 0.15) is 25.3 Å². The fourth-order valence-electron chi connectivity index (χ4n) is 2.13. The topological polar surface area (TPSA) is 58.4 Å². The minimum atomic E-state index is 0.112. The van der Waals surface area contributed by atoms with Crippen molar-refractivity contribution in [1.82, 2.24) is 0 Å². The molecule has 1 atom stereocenters. The molecule has 1 amide bonds. The van der Waals surface area contributed by atoms with Crippen molar-refractivity contribution in [1.29, 1.82) is 0 Å². The Balaban J connectivity index is 2.08. The zero-order chi connectivity index (χ0) is 13.1. The van der Waals surface area contributed by atoms with E-state index in [-0.39, 0.29) is 11.9 Å². The number of nitrogens with zero attached hydrogens (tertiary/aromatic N) is 1. The van der Waals surface area contributed by atoms with Gasteiger partial charge in [0.1, 0.15) is 0 Å². The molecular formula is C14H21N3O. The van der Waals surface area contributed by atoms with Crippen molar-refractivity contribution in [2.75, 3.05) is 23.8 Å². The Labute approximate surface area is 108 Å². The minimum Gasteiger partial charge on any atom is -0.375 e. The highest BCUT2D eigenvalue weighted by molar-refractivity contribution is 5.94. The van der Waals surface area contributed by atoms with Crippen molar-refractivity contribution >= 4 is 17.3 Å². The van der Waals surface area contributed by atoms with Gasteiger partial charge in [0.05, 0.1) is 0 Å². The second kappa shape index (κ2) is 5.40. The molecule has 1 aliphatic rings. The Hall–Kier alpha value is -1.55. The van der Waals surface area contributed by atoms with Crippen molar-refractivity contribution in [3.8, 4) is 0 Å². The lowest BCUT2D eigenvalue weighted by Gasteiger charge is -2.23. The lowest BCUT2D eigenvalue weighted by Crippen LogP contribution is -2.26. The van der Waals surface area contributed by atoms with Crippen molar-refractivity contribution in [2.24, 2.45) is 5.73 Å². The molecular weight excluding hydrogens is 226 g/mol. The summed E-state index contributed by atoms with van der Waals surface area (Å²) < 4.78 is 0. The number of fused-ring (bicyclic) bond motifs is 1. The zero-order valence-corrected chi connectivity index (χ0v) is 11.1. The van der Waals surface area contributed by atoms with Gasteiger partial charge in [0, 0.05) is 37.4 Å². The van der Waals surface area contributed by atoms with Gasteiger partial charge >= 0.3 is 0 Å². The van der Waals surface area contributed by atoms with E-state index in [2.05, 4.69) is 23.3 Å². The molecule has 3 N–H and O–H groups in total. The first-order chi connectivity index (χ1) is 8.56. The van der Waals surface area contributed by atoms with E-state index in [1.165, 1.54) is 11.3 Å². The average molecular weight is 247 g/mol. The largest absolute Gasteiger partial charge is 0.375 e. The standard InChI is InChI=1S/C14H21N3O/c1-10(15)7-8-17(2)12-4-5-13-11(9-12)3-6-14(18)16-13/h4-5,9-10H,3,6-8,15H2,1-2H3,(H,16,18). The number of amides is 1. The van der Waals surface area contributed by atoms with Crippen molar-refractivity contribution in [3.63, 3.8) is 0 Å². The summed E-state index contributed by atoms with van der Waals surface area (Å²) in [7, 11) is 2.07. The fraction of sp³-hybridized carbons (Fsp3) is 0.500. The molecule has 4 heteroatoms. The highest BCUT2D eigenvalue weighted by Crippen LogP contribution is 2.27. The first-order valence-corrected chi connectivity index (χ1v) is 6.46. The van der Waals surface area contributed by atoms with E-state index < -0.39 is 0 Å². The summed E-state index contributed by atoms with van der Waals surface area (Å²) in [4.78, 5) is 13.5. The van der Waals surface area contributed by atoms with Gasteiger partial charge in [-0.2, -0.15) is 0 Å². The number of hydrogen-bond acceptors (Lipinski definition) is 3. The van der Waals surface area contributed by atoms with Crippen LogP contribution in [-0.2, 0) is 11.2 Å². The molecule has 1 unspecified atom stereocenters. The third kappa shape index (κ3) is 3.01. The molecule has 98 valence electrons. The van der Waals surface area contributed by atoms with Crippen LogP contribution >= 0.6 is 0 Å². The van der Waals surface area contributed by atoms with E-state index in [9.17, 15) is 4.79 Å². The van der Waals surface area contributed by atoms with E-state index in [4.69, 9.17) is 5.73 Å². The maximum absolute atomic E-state index is 11.3. The average Bonchev–Trinajstić information content (AvgIpc) is 2.35. The maximum atomic E-state index is 11.3. The molecule has 0 spiro atoms. The maximum Gasteiger partial charge on any atom is 0.224 e. The number of carbonyl (C=O) groups is 1. The van der Waals surface area contributed by atoms with Crippen molar-refractivity contribution in [3.05, 3.63) is 23.8 Å². The van der Waals surface area contributed by atoms with Crippen LogP contribution in [0.5, 0.6) is 0 Å². The highest BCUT2D eigenvalue weighted by atomic mass is 16.1. The summed E-state index contributed by atoms with van der Waals surface area (Å²) in [5.74, 6) is 0.112. The Kier molecular flexibility index (Phi) is 3.87. The molecule has 0 fully saturated rings. The third-order valence-electron chi connectivity index (χ3n) is 3.34. The van der Waals surface area contributed by atoms with E-state index in [1.807, 2.05) is 19.1 Å². The summed E-state index contributed by atoms with van der Waals surface area (Å²) in [6.07, 6.45) is 2.39. The smallest absolute Gasteiger partial charge is 0.224 e. The lowest BCUT2D eigenvalue weighted by atomic mass is 10.0. The normalized spacial score (nSPS) is 15.8. The Bertz CT molecular complexity index is 443. The van der Waals surface area contributed by atoms with Crippen LogP contribution in [0, 0.1) is 0 Å². The van der Waals surface area contributed by atoms with E-state index in [0.29, 0.717) is 6.42 Å². The molecule has 1 aromatic rings. The van der Waals surface area contributed by atoms with Gasteiger partial charge in [-0.1, -0.05) is 0 Å². The van der Waals surface area contributed by atoms with Gasteiger partial charge in [0.25, 0.3) is 0 Å². The van der Waals surface area contributed by atoms with E-state index >= 15 is 0 Å². The Morgan fingerprint density at radius 1 is 1.44 bits per heavy atom. The number of rotatable bonds is 4. The van der Waals surface area contributed by atoms with Crippen LogP contribution in [0.2, 0.25) is 0 Å². The molecule has 0 bridgehead atoms. The highest BCUT2D eigenvalue weighted by Gasteiger charge is 2.15. The van der Waals surface area contributed by atoms with Gasteiger partial charge in [0.15, 0.2) is 0 Å². The minimum absolute atomic E-state index is 0.112. The molecule has 18 heavy (non-hydrogen) atoms. The van der Waals surface area contributed by atoms with Crippen LogP contribution in [0.15, 0.2) is 18.2 Å². The van der Waals surface area contributed by atoms with Gasteiger partial charge in [-0.15, -0.1) is 0 Å². The van der Waals surface area contributed by atoms with Crippen LogP contribution in [0.3, 0.4) is 0 Å². The first-order valence-electron chi connectivity index (χ1n) is 6.46. The Morgan fingerprint density at radius 2 is 2.22 bits per heavy atom. The first kappa shape index (κ1) is 12.9. The number of benzene rings is 1. The van der Waals surface area contributed by atoms with Crippen LogP contribution in [0.4, 0.5) is 11.4 Å². The molecule has 1 aliphatic heterocycles. The predicted octanol–water partition coefficient (Wildman–Crippen LogP) is 1.74. The molecule has 1 aromatic carbocycles. The summed E-state index contributed by atoms with van der Waals surface area (Å²) in [6.45, 7) is 2.97. The molecule has 0 saturated carbocycles. The summed E-state index contributed by atoms with van der Waals surface area (Å²) in [5.41, 5.74) is 9.13. The Morgan fingerprint density at radius 3 is 2.94 bits per heavy atom. The molecule has 4 nitrogen and oxygen atoms in total. The van der Waals surface area contributed by atoms with E-state index in [0.717, 1.165) is 25.1 Å². The molecule has 0 aliphatic carbocycles. The van der Waals surface area contributed by atoms with Crippen LogP contribution in [0.25, 0.3) is 0 Å². The fourth-order valence-corrected chi connectivity index (χ4v) is 2.13. The van der Waals surface area contributed by atoms with Crippen LogP contribution < -0.4 is 16.0 Å². The summed E-state index contributed by atoms with van der Waals surface area (Å²) in [5, 5.41) is 2.90. The van der Waals surface area contributed by atoms with Gasteiger partial charge in [0.2, 0.25) is 5.91 Å². The number of aryl methyl sites for hydroxylation is 1. The third-order valence-corrected chi connectivity index (χ3v) is 3.34. The number of carbonyl (C=O) groups excluding carboxylic acids is 1. The molecule has 2 rings (SSSR count). The van der Waals surface area contributed by atoms with Gasteiger partial charge in [-0.3, -0.25) is 4.79 Å². The molecule has 0 radical (unpaired) electrons. The van der Waals surface area contributed by atoms with Crippen molar-refractivity contribution in [2.45, 2.75) is 32.2 Å². The summed E-state index contributed by atoms with van der Waals surface area (Å²) in [6, 6.07) is 6.43. The molecule has 0 saturated heterocycles. The van der Waals surface area contributed by atoms with E-state index in [1.54, 1.807) is 0 Å². The number of anilines is 2. The van der Waals surface area contributed by atoms with Crippen molar-refractivity contribution < 1.29 is 4.79 Å². The van der Waals surface area contributed by atoms with Gasteiger partial charge in [-0.25, -0.2) is 0 Å². The second-order valence-electron chi connectivity index (χ2n) is 5.08.